The summed E-state index contributed by atoms with van der Waals surface area (Å²) in [5, 5.41) is 2.95. The Morgan fingerprint density at radius 3 is 2.53 bits per heavy atom. The van der Waals surface area contributed by atoms with Crippen molar-refractivity contribution in [1.29, 1.82) is 0 Å². The number of para-hydroxylation sites is 1. The monoisotopic (exact) mass is 278 g/mol. The molecule has 0 aliphatic rings. The van der Waals surface area contributed by atoms with Crippen LogP contribution in [0.4, 0.5) is 5.69 Å². The standard InChI is InChI=1S/C15H22N2OS/c1-4-7-11-8-5-6-9-12(11)17-15(18)13(10(2)3)14(16)19/h5-6,8-10,13H,4,7H2,1-3H3,(H2,16,19)(H,17,18). The van der Waals surface area contributed by atoms with Gasteiger partial charge in [-0.05, 0) is 24.0 Å². The number of nitrogens with one attached hydrogen (secondary N) is 1. The molecule has 1 atom stereocenters. The molecule has 1 amide bonds. The number of hydrogen-bond donors (Lipinski definition) is 2. The van der Waals surface area contributed by atoms with Crippen LogP contribution in [0.5, 0.6) is 0 Å². The maximum absolute atomic E-state index is 12.3. The summed E-state index contributed by atoms with van der Waals surface area (Å²) < 4.78 is 0. The SMILES string of the molecule is CCCc1ccccc1NC(=O)C(C(N)=S)C(C)C. The van der Waals surface area contributed by atoms with Gasteiger partial charge in [0.25, 0.3) is 0 Å². The zero-order valence-corrected chi connectivity index (χ0v) is 12.6. The van der Waals surface area contributed by atoms with E-state index in [1.54, 1.807) is 0 Å². The molecule has 0 spiro atoms. The highest BCUT2D eigenvalue weighted by atomic mass is 32.1. The molecule has 19 heavy (non-hydrogen) atoms. The number of benzene rings is 1. The Hall–Kier alpha value is -1.42. The summed E-state index contributed by atoms with van der Waals surface area (Å²) in [5.41, 5.74) is 7.66. The van der Waals surface area contributed by atoms with E-state index in [4.69, 9.17) is 18.0 Å². The minimum absolute atomic E-state index is 0.0934. The first-order valence-electron chi connectivity index (χ1n) is 6.65. The third-order valence-corrected chi connectivity index (χ3v) is 3.30. The van der Waals surface area contributed by atoms with Crippen LogP contribution >= 0.6 is 12.2 Å². The first kappa shape index (κ1) is 15.6. The molecule has 1 aromatic carbocycles. The van der Waals surface area contributed by atoms with Gasteiger partial charge in [0.1, 0.15) is 0 Å². The lowest BCUT2D eigenvalue weighted by molar-refractivity contribution is -0.118. The summed E-state index contributed by atoms with van der Waals surface area (Å²) in [6, 6.07) is 7.85. The molecule has 4 heteroatoms. The number of amides is 1. The van der Waals surface area contributed by atoms with Crippen LogP contribution in [0.2, 0.25) is 0 Å². The number of hydrogen-bond acceptors (Lipinski definition) is 2. The van der Waals surface area contributed by atoms with Crippen LogP contribution in [0.3, 0.4) is 0 Å². The third kappa shape index (κ3) is 4.31. The fourth-order valence-electron chi connectivity index (χ4n) is 2.10. The Morgan fingerprint density at radius 1 is 1.37 bits per heavy atom. The number of rotatable bonds is 6. The van der Waals surface area contributed by atoms with Crippen LogP contribution in [0.25, 0.3) is 0 Å². The molecular weight excluding hydrogens is 256 g/mol. The minimum atomic E-state index is -0.426. The second kappa shape index (κ2) is 7.24. The van der Waals surface area contributed by atoms with Gasteiger partial charge in [-0.3, -0.25) is 4.79 Å². The molecule has 0 heterocycles. The summed E-state index contributed by atoms with van der Waals surface area (Å²) >= 11 is 4.99. The first-order valence-corrected chi connectivity index (χ1v) is 7.06. The quantitative estimate of drug-likeness (QED) is 0.786. The van der Waals surface area contributed by atoms with Crippen molar-refractivity contribution in [3.8, 4) is 0 Å². The van der Waals surface area contributed by atoms with Crippen LogP contribution < -0.4 is 11.1 Å². The highest BCUT2D eigenvalue weighted by Gasteiger charge is 2.25. The van der Waals surface area contributed by atoms with Crippen LogP contribution in [0.15, 0.2) is 24.3 Å². The molecule has 0 fully saturated rings. The van der Waals surface area contributed by atoms with E-state index in [1.807, 2.05) is 38.1 Å². The number of aryl methyl sites for hydroxylation is 1. The fraction of sp³-hybridized carbons (Fsp3) is 0.467. The molecule has 1 rings (SSSR count). The van der Waals surface area contributed by atoms with E-state index in [2.05, 4.69) is 12.2 Å². The minimum Gasteiger partial charge on any atom is -0.393 e. The summed E-state index contributed by atoms with van der Waals surface area (Å²) in [6.45, 7) is 6.01. The first-order chi connectivity index (χ1) is 8.97. The second-order valence-corrected chi connectivity index (χ2v) is 5.49. The summed E-state index contributed by atoms with van der Waals surface area (Å²) in [6.07, 6.45) is 1.98. The molecule has 0 radical (unpaired) electrons. The molecule has 0 aliphatic heterocycles. The largest absolute Gasteiger partial charge is 0.393 e. The number of carbonyl (C=O) groups excluding carboxylic acids is 1. The van der Waals surface area contributed by atoms with Gasteiger partial charge in [0.2, 0.25) is 5.91 Å². The van der Waals surface area contributed by atoms with Gasteiger partial charge in [0, 0.05) is 5.69 Å². The zero-order chi connectivity index (χ0) is 14.4. The van der Waals surface area contributed by atoms with Gasteiger partial charge in [-0.25, -0.2) is 0 Å². The lowest BCUT2D eigenvalue weighted by Crippen LogP contribution is -2.36. The van der Waals surface area contributed by atoms with Gasteiger partial charge in [0.05, 0.1) is 10.9 Å². The molecule has 0 bridgehead atoms. The lowest BCUT2D eigenvalue weighted by Gasteiger charge is -2.20. The summed E-state index contributed by atoms with van der Waals surface area (Å²) in [7, 11) is 0. The van der Waals surface area contributed by atoms with Crippen LogP contribution in [-0.4, -0.2) is 10.9 Å². The third-order valence-electron chi connectivity index (χ3n) is 3.05. The zero-order valence-electron chi connectivity index (χ0n) is 11.8. The molecule has 3 nitrogen and oxygen atoms in total. The van der Waals surface area contributed by atoms with Crippen LogP contribution in [-0.2, 0) is 11.2 Å². The van der Waals surface area contributed by atoms with Crippen molar-refractivity contribution in [2.75, 3.05) is 5.32 Å². The van der Waals surface area contributed by atoms with Gasteiger partial charge in [-0.15, -0.1) is 0 Å². The summed E-state index contributed by atoms with van der Waals surface area (Å²) in [5.74, 6) is -0.452. The topological polar surface area (TPSA) is 55.1 Å². The Morgan fingerprint density at radius 2 is 2.00 bits per heavy atom. The van der Waals surface area contributed by atoms with Crippen molar-refractivity contribution in [2.45, 2.75) is 33.6 Å². The normalized spacial score (nSPS) is 12.2. The van der Waals surface area contributed by atoms with Crippen molar-refractivity contribution >= 4 is 28.8 Å². The molecule has 1 unspecified atom stereocenters. The average Bonchev–Trinajstić information content (AvgIpc) is 2.30. The Labute approximate surface area is 120 Å². The van der Waals surface area contributed by atoms with E-state index in [0.29, 0.717) is 0 Å². The van der Waals surface area contributed by atoms with E-state index < -0.39 is 5.92 Å². The average molecular weight is 278 g/mol. The Bertz CT molecular complexity index is 457. The van der Waals surface area contributed by atoms with Crippen molar-refractivity contribution < 1.29 is 4.79 Å². The molecule has 0 saturated carbocycles. The molecule has 0 saturated heterocycles. The molecule has 3 N–H and O–H groups in total. The van der Waals surface area contributed by atoms with Crippen LogP contribution in [0.1, 0.15) is 32.8 Å². The van der Waals surface area contributed by atoms with Crippen molar-refractivity contribution in [3.05, 3.63) is 29.8 Å². The maximum atomic E-state index is 12.3. The van der Waals surface area contributed by atoms with Gasteiger partial charge in [-0.2, -0.15) is 0 Å². The maximum Gasteiger partial charge on any atom is 0.234 e. The van der Waals surface area contributed by atoms with Crippen molar-refractivity contribution in [2.24, 2.45) is 17.6 Å². The van der Waals surface area contributed by atoms with E-state index in [9.17, 15) is 4.79 Å². The number of carbonyl (C=O) groups is 1. The second-order valence-electron chi connectivity index (χ2n) is 5.02. The number of anilines is 1. The van der Waals surface area contributed by atoms with Gasteiger partial charge in [0.15, 0.2) is 0 Å². The van der Waals surface area contributed by atoms with E-state index >= 15 is 0 Å². The van der Waals surface area contributed by atoms with Gasteiger partial charge in [-0.1, -0.05) is 57.6 Å². The predicted molar refractivity (Wildman–Crippen MR) is 84.2 cm³/mol. The van der Waals surface area contributed by atoms with E-state index in [0.717, 1.165) is 24.1 Å². The molecule has 104 valence electrons. The predicted octanol–water partition coefficient (Wildman–Crippen LogP) is 3.14. The molecule has 0 aromatic heterocycles. The Balaban J connectivity index is 2.89. The molecular formula is C15H22N2OS. The lowest BCUT2D eigenvalue weighted by atomic mass is 9.94. The molecule has 1 aromatic rings. The van der Waals surface area contributed by atoms with Crippen molar-refractivity contribution in [1.82, 2.24) is 0 Å². The van der Waals surface area contributed by atoms with E-state index in [-0.39, 0.29) is 16.8 Å². The van der Waals surface area contributed by atoms with Crippen molar-refractivity contribution in [3.63, 3.8) is 0 Å². The van der Waals surface area contributed by atoms with E-state index in [1.165, 1.54) is 0 Å². The smallest absolute Gasteiger partial charge is 0.234 e. The Kier molecular flexibility index (Phi) is 5.96. The van der Waals surface area contributed by atoms with Gasteiger partial charge >= 0.3 is 0 Å². The molecule has 0 aliphatic carbocycles. The number of thiocarbonyl (C=S) groups is 1. The van der Waals surface area contributed by atoms with Gasteiger partial charge < -0.3 is 11.1 Å². The highest BCUT2D eigenvalue weighted by Crippen LogP contribution is 2.20. The summed E-state index contributed by atoms with van der Waals surface area (Å²) in [4.78, 5) is 12.5. The highest BCUT2D eigenvalue weighted by molar-refractivity contribution is 7.80. The fourth-order valence-corrected chi connectivity index (χ4v) is 2.48. The number of nitrogens with two attached hydrogens (primary N) is 1. The van der Waals surface area contributed by atoms with Crippen LogP contribution in [0, 0.1) is 11.8 Å².